The number of hydrogen-bond acceptors (Lipinski definition) is 9. The number of nitrogens with zero attached hydrogens (tertiary/aromatic N) is 8. The van der Waals surface area contributed by atoms with Crippen molar-refractivity contribution >= 4 is 29.0 Å². The highest BCUT2D eigenvalue weighted by atomic mass is 16.1. The van der Waals surface area contributed by atoms with Crippen LogP contribution in [0.3, 0.4) is 0 Å². The molecule has 0 radical (unpaired) electrons. The van der Waals surface area contributed by atoms with Crippen molar-refractivity contribution in [3.8, 4) is 22.6 Å². The molecule has 0 aliphatic carbocycles. The second-order valence-corrected chi connectivity index (χ2v) is 6.89. The van der Waals surface area contributed by atoms with Gasteiger partial charge in [-0.15, -0.1) is 0 Å². The smallest absolute Gasteiger partial charge is 0.222 e. The first kappa shape index (κ1) is 19.2. The number of anilines is 3. The maximum absolute atomic E-state index is 11.6. The number of aromatic amines is 1. The highest BCUT2D eigenvalue weighted by Crippen LogP contribution is 2.31. The van der Waals surface area contributed by atoms with E-state index in [1.54, 1.807) is 42.2 Å². The second kappa shape index (κ2) is 7.83. The van der Waals surface area contributed by atoms with Crippen LogP contribution in [0.1, 0.15) is 12.7 Å². The Balaban J connectivity index is 1.72. The summed E-state index contributed by atoms with van der Waals surface area (Å²) in [6.07, 6.45) is 6.47. The predicted molar refractivity (Wildman–Crippen MR) is 116 cm³/mol. The molecule has 12 heteroatoms. The molecule has 0 aliphatic heterocycles. The molecule has 5 aromatic rings. The van der Waals surface area contributed by atoms with Gasteiger partial charge in [0, 0.05) is 37.0 Å². The molecule has 1 amide bonds. The summed E-state index contributed by atoms with van der Waals surface area (Å²) in [5.74, 6) is 1.80. The van der Waals surface area contributed by atoms with Crippen LogP contribution in [-0.4, -0.2) is 50.6 Å². The van der Waals surface area contributed by atoms with Crippen molar-refractivity contribution in [2.24, 2.45) is 0 Å². The largest absolute Gasteiger partial charge is 0.323 e. The number of carbonyl (C=O) groups is 1. The number of carbonyl (C=O) groups excluding carboxylic acids is 1. The van der Waals surface area contributed by atoms with Crippen molar-refractivity contribution in [2.45, 2.75) is 13.8 Å². The number of rotatable bonds is 5. The summed E-state index contributed by atoms with van der Waals surface area (Å²) in [7, 11) is 0. The van der Waals surface area contributed by atoms with Gasteiger partial charge >= 0.3 is 0 Å². The van der Waals surface area contributed by atoms with Crippen LogP contribution in [0.2, 0.25) is 0 Å². The quantitative estimate of drug-likeness (QED) is 0.384. The van der Waals surface area contributed by atoms with Gasteiger partial charge in [-0.2, -0.15) is 10.2 Å². The number of aryl methyl sites for hydroxylation is 1. The van der Waals surface area contributed by atoms with Crippen LogP contribution in [0.5, 0.6) is 0 Å². The molecule has 5 aromatic heterocycles. The minimum atomic E-state index is -0.229. The Labute approximate surface area is 181 Å². The standard InChI is InChI=1S/C20H17N11O/c1-11-24-15(7-17(25-11)26-12(2)32)19-20(27-16-5-6-23-29-16)28-18-4-3-14(30-31(18)19)13-8-21-10-22-9-13/h3-10H,1-2H3,(H2,23,27,29)(H,24,25,26,32). The predicted octanol–water partition coefficient (Wildman–Crippen LogP) is 2.38. The van der Waals surface area contributed by atoms with E-state index in [0.717, 1.165) is 5.56 Å². The summed E-state index contributed by atoms with van der Waals surface area (Å²) in [6.45, 7) is 3.17. The summed E-state index contributed by atoms with van der Waals surface area (Å²) >= 11 is 0. The fraction of sp³-hybridized carbons (Fsp3) is 0.100. The lowest BCUT2D eigenvalue weighted by Crippen LogP contribution is -2.09. The van der Waals surface area contributed by atoms with Gasteiger partial charge in [-0.05, 0) is 19.1 Å². The fourth-order valence-corrected chi connectivity index (χ4v) is 3.22. The molecule has 5 heterocycles. The van der Waals surface area contributed by atoms with Crippen LogP contribution >= 0.6 is 0 Å². The van der Waals surface area contributed by atoms with Gasteiger partial charge in [0.15, 0.2) is 11.5 Å². The topological polar surface area (TPSA) is 152 Å². The third-order valence-electron chi connectivity index (χ3n) is 4.47. The molecule has 0 bridgehead atoms. The Morgan fingerprint density at radius 2 is 1.91 bits per heavy atom. The lowest BCUT2D eigenvalue weighted by Gasteiger charge is -2.09. The van der Waals surface area contributed by atoms with Crippen LogP contribution in [-0.2, 0) is 4.79 Å². The van der Waals surface area contributed by atoms with E-state index in [1.165, 1.54) is 13.3 Å². The van der Waals surface area contributed by atoms with E-state index in [0.29, 0.717) is 46.0 Å². The number of amides is 1. The van der Waals surface area contributed by atoms with E-state index in [9.17, 15) is 4.79 Å². The second-order valence-electron chi connectivity index (χ2n) is 6.89. The zero-order chi connectivity index (χ0) is 22.1. The molecule has 5 rings (SSSR count). The summed E-state index contributed by atoms with van der Waals surface area (Å²) in [4.78, 5) is 33.3. The summed E-state index contributed by atoms with van der Waals surface area (Å²) < 4.78 is 1.68. The van der Waals surface area contributed by atoms with E-state index >= 15 is 0 Å². The van der Waals surface area contributed by atoms with Gasteiger partial charge in [0.2, 0.25) is 5.91 Å². The summed E-state index contributed by atoms with van der Waals surface area (Å²) in [5.41, 5.74) is 3.14. The molecule has 0 saturated heterocycles. The Hall–Kier alpha value is -4.74. The Morgan fingerprint density at radius 1 is 1.06 bits per heavy atom. The van der Waals surface area contributed by atoms with Gasteiger partial charge in [0.05, 0.1) is 17.6 Å². The molecule has 0 fully saturated rings. The van der Waals surface area contributed by atoms with Crippen molar-refractivity contribution < 1.29 is 4.79 Å². The zero-order valence-electron chi connectivity index (χ0n) is 17.1. The first-order valence-electron chi connectivity index (χ1n) is 9.62. The minimum Gasteiger partial charge on any atom is -0.323 e. The third-order valence-corrected chi connectivity index (χ3v) is 4.47. The molecule has 158 valence electrons. The van der Waals surface area contributed by atoms with Crippen LogP contribution in [0.4, 0.5) is 17.5 Å². The Kier molecular flexibility index (Phi) is 4.71. The Bertz CT molecular complexity index is 1410. The molecule has 0 aromatic carbocycles. The van der Waals surface area contributed by atoms with Crippen molar-refractivity contribution in [1.82, 2.24) is 44.7 Å². The van der Waals surface area contributed by atoms with E-state index < -0.39 is 0 Å². The van der Waals surface area contributed by atoms with Gasteiger partial charge < -0.3 is 10.6 Å². The molecule has 0 atom stereocenters. The van der Waals surface area contributed by atoms with Crippen LogP contribution in [0.15, 0.2) is 49.2 Å². The van der Waals surface area contributed by atoms with Crippen LogP contribution < -0.4 is 10.6 Å². The van der Waals surface area contributed by atoms with Gasteiger partial charge in [-0.25, -0.2) is 29.4 Å². The molecular formula is C20H17N11O. The van der Waals surface area contributed by atoms with E-state index in [4.69, 9.17) is 5.10 Å². The van der Waals surface area contributed by atoms with Crippen molar-refractivity contribution in [1.29, 1.82) is 0 Å². The van der Waals surface area contributed by atoms with Gasteiger partial charge in [0.25, 0.3) is 0 Å². The number of imidazole rings is 1. The molecule has 32 heavy (non-hydrogen) atoms. The summed E-state index contributed by atoms with van der Waals surface area (Å²) in [5, 5.41) is 17.5. The van der Waals surface area contributed by atoms with Crippen molar-refractivity contribution in [2.75, 3.05) is 10.6 Å². The maximum Gasteiger partial charge on any atom is 0.222 e. The molecule has 0 saturated carbocycles. The molecule has 0 aliphatic rings. The monoisotopic (exact) mass is 427 g/mol. The van der Waals surface area contributed by atoms with Gasteiger partial charge in [-0.1, -0.05) is 0 Å². The fourth-order valence-electron chi connectivity index (χ4n) is 3.22. The lowest BCUT2D eigenvalue weighted by atomic mass is 10.2. The SMILES string of the molecule is CC(=O)Nc1cc(-c2c(Nc3ccn[nH]3)nc3ccc(-c4cncnc4)nn23)nc(C)n1. The summed E-state index contributed by atoms with van der Waals surface area (Å²) in [6, 6.07) is 7.15. The number of H-pyrrole nitrogens is 1. The normalized spacial score (nSPS) is 10.9. The third kappa shape index (κ3) is 3.71. The molecule has 0 spiro atoms. The molecular weight excluding hydrogens is 410 g/mol. The average molecular weight is 427 g/mol. The molecule has 0 unspecified atom stereocenters. The minimum absolute atomic E-state index is 0.229. The van der Waals surface area contributed by atoms with Crippen molar-refractivity contribution in [3.05, 3.63) is 55.0 Å². The zero-order valence-corrected chi connectivity index (χ0v) is 17.1. The molecule has 3 N–H and O–H groups in total. The van der Waals surface area contributed by atoms with Crippen LogP contribution in [0.25, 0.3) is 28.3 Å². The van der Waals surface area contributed by atoms with E-state index in [1.807, 2.05) is 12.1 Å². The number of nitrogens with one attached hydrogen (secondary N) is 3. The number of fused-ring (bicyclic) bond motifs is 1. The van der Waals surface area contributed by atoms with Crippen LogP contribution in [0, 0.1) is 6.92 Å². The first-order valence-corrected chi connectivity index (χ1v) is 9.62. The highest BCUT2D eigenvalue weighted by Gasteiger charge is 2.20. The lowest BCUT2D eigenvalue weighted by molar-refractivity contribution is -0.114. The van der Waals surface area contributed by atoms with E-state index in [2.05, 4.69) is 45.8 Å². The molecule has 12 nitrogen and oxygen atoms in total. The number of aromatic nitrogens is 9. The number of hydrogen-bond donors (Lipinski definition) is 3. The van der Waals surface area contributed by atoms with E-state index in [-0.39, 0.29) is 5.91 Å². The van der Waals surface area contributed by atoms with Gasteiger partial charge in [-0.3, -0.25) is 9.89 Å². The Morgan fingerprint density at radius 3 is 2.66 bits per heavy atom. The maximum atomic E-state index is 11.6. The average Bonchev–Trinajstić information content (AvgIpc) is 3.40. The first-order chi connectivity index (χ1) is 15.6. The van der Waals surface area contributed by atoms with Crippen molar-refractivity contribution in [3.63, 3.8) is 0 Å². The highest BCUT2D eigenvalue weighted by molar-refractivity contribution is 5.88. The van der Waals surface area contributed by atoms with Gasteiger partial charge in [0.1, 0.15) is 29.5 Å².